The predicted molar refractivity (Wildman–Crippen MR) is 86.7 cm³/mol. The van der Waals surface area contributed by atoms with E-state index in [2.05, 4.69) is 61.1 Å². The number of nitrogens with zero attached hydrogens (tertiary/aromatic N) is 1. The molecule has 1 aromatic rings. The van der Waals surface area contributed by atoms with E-state index in [4.69, 9.17) is 0 Å². The molecule has 0 radical (unpaired) electrons. The number of anilines is 1. The molecule has 0 bridgehead atoms. The van der Waals surface area contributed by atoms with Crippen molar-refractivity contribution in [2.45, 2.75) is 25.9 Å². The molecule has 0 aliphatic carbocycles. The third-order valence-electron chi connectivity index (χ3n) is 3.37. The second-order valence-electron chi connectivity index (χ2n) is 5.15. The number of nitrogens with one attached hydrogen (secondary N) is 1. The average molecular weight is 392 g/mol. The van der Waals surface area contributed by atoms with Crippen LogP contribution in [0.5, 0.6) is 0 Å². The molecular formula is C14H20Br2N2O. The number of hydrogen-bond donors (Lipinski definition) is 2. The predicted octanol–water partition coefficient (Wildman–Crippen LogP) is 3.39. The van der Waals surface area contributed by atoms with Crippen molar-refractivity contribution in [1.82, 2.24) is 4.90 Å². The van der Waals surface area contributed by atoms with Gasteiger partial charge in [-0.3, -0.25) is 0 Å². The fourth-order valence-electron chi connectivity index (χ4n) is 2.42. The molecule has 19 heavy (non-hydrogen) atoms. The summed E-state index contributed by atoms with van der Waals surface area (Å²) < 4.78 is 2.04. The maximum atomic E-state index is 10.1. The topological polar surface area (TPSA) is 35.5 Å². The number of halogens is 2. The minimum Gasteiger partial charge on any atom is -0.390 e. The number of rotatable bonds is 5. The van der Waals surface area contributed by atoms with E-state index in [-0.39, 0.29) is 6.10 Å². The summed E-state index contributed by atoms with van der Waals surface area (Å²) >= 11 is 7.10. The molecule has 1 aliphatic heterocycles. The highest BCUT2D eigenvalue weighted by Crippen LogP contribution is 2.32. The molecular weight excluding hydrogens is 372 g/mol. The maximum Gasteiger partial charge on any atom is 0.0839 e. The van der Waals surface area contributed by atoms with Gasteiger partial charge in [0.05, 0.1) is 11.8 Å². The summed E-state index contributed by atoms with van der Waals surface area (Å²) in [6, 6.07) is 4.14. The van der Waals surface area contributed by atoms with E-state index in [9.17, 15) is 5.11 Å². The zero-order valence-electron chi connectivity index (χ0n) is 11.1. The summed E-state index contributed by atoms with van der Waals surface area (Å²) in [6.07, 6.45) is 2.18. The lowest BCUT2D eigenvalue weighted by atomic mass is 10.2. The Hall–Kier alpha value is -0.100. The van der Waals surface area contributed by atoms with Crippen LogP contribution in [0.4, 0.5) is 5.69 Å². The Morgan fingerprint density at radius 1 is 1.26 bits per heavy atom. The van der Waals surface area contributed by atoms with Gasteiger partial charge < -0.3 is 15.3 Å². The number of aryl methyl sites for hydroxylation is 1. The third-order valence-corrected chi connectivity index (χ3v) is 4.62. The molecule has 106 valence electrons. The van der Waals surface area contributed by atoms with Crippen molar-refractivity contribution in [3.05, 3.63) is 26.6 Å². The van der Waals surface area contributed by atoms with E-state index >= 15 is 0 Å². The zero-order chi connectivity index (χ0) is 13.8. The molecule has 1 fully saturated rings. The molecule has 0 spiro atoms. The first-order valence-electron chi connectivity index (χ1n) is 6.66. The van der Waals surface area contributed by atoms with E-state index in [0.29, 0.717) is 6.54 Å². The summed E-state index contributed by atoms with van der Waals surface area (Å²) in [5.74, 6) is 0. The Morgan fingerprint density at radius 3 is 2.42 bits per heavy atom. The summed E-state index contributed by atoms with van der Waals surface area (Å²) in [5, 5.41) is 13.4. The van der Waals surface area contributed by atoms with Crippen molar-refractivity contribution in [2.24, 2.45) is 0 Å². The van der Waals surface area contributed by atoms with E-state index in [1.165, 1.54) is 18.4 Å². The Kier molecular flexibility index (Phi) is 5.69. The average Bonchev–Trinajstić information content (AvgIpc) is 2.80. The van der Waals surface area contributed by atoms with Crippen molar-refractivity contribution in [2.75, 3.05) is 31.5 Å². The molecule has 5 heteroatoms. The number of benzene rings is 1. The largest absolute Gasteiger partial charge is 0.390 e. The standard InChI is InChI=1S/C14H20Br2N2O/c1-10-6-12(15)14(13(16)7-10)17-8-11(19)9-18-4-2-3-5-18/h6-7,11,17,19H,2-5,8-9H2,1H3. The number of likely N-dealkylation sites (tertiary alicyclic amines) is 1. The van der Waals surface area contributed by atoms with E-state index < -0.39 is 0 Å². The van der Waals surface area contributed by atoms with Gasteiger partial charge in [-0.15, -0.1) is 0 Å². The Balaban J connectivity index is 1.87. The number of β-amino-alcohol motifs (C(OH)–C–C–N with tert-alkyl or cyclic N) is 1. The highest BCUT2D eigenvalue weighted by molar-refractivity contribution is 9.11. The summed E-state index contributed by atoms with van der Waals surface area (Å²) in [4.78, 5) is 2.32. The van der Waals surface area contributed by atoms with Gasteiger partial charge in [-0.05, 0) is 82.4 Å². The van der Waals surface area contributed by atoms with Crippen LogP contribution in [0.1, 0.15) is 18.4 Å². The van der Waals surface area contributed by atoms with Gasteiger partial charge >= 0.3 is 0 Å². The Bertz CT molecular complexity index is 410. The summed E-state index contributed by atoms with van der Waals surface area (Å²) in [6.45, 7) is 5.62. The van der Waals surface area contributed by atoms with Gasteiger partial charge in [0.1, 0.15) is 0 Å². The fourth-order valence-corrected chi connectivity index (χ4v) is 4.11. The van der Waals surface area contributed by atoms with Crippen LogP contribution in [-0.4, -0.2) is 42.3 Å². The molecule has 2 N–H and O–H groups in total. The van der Waals surface area contributed by atoms with E-state index in [1.54, 1.807) is 0 Å². The van der Waals surface area contributed by atoms with Crippen LogP contribution >= 0.6 is 31.9 Å². The monoisotopic (exact) mass is 390 g/mol. The smallest absolute Gasteiger partial charge is 0.0839 e. The lowest BCUT2D eigenvalue weighted by molar-refractivity contribution is 0.135. The van der Waals surface area contributed by atoms with Gasteiger partial charge in [0.2, 0.25) is 0 Å². The molecule has 0 aromatic heterocycles. The zero-order valence-corrected chi connectivity index (χ0v) is 14.3. The minimum atomic E-state index is -0.335. The molecule has 1 aromatic carbocycles. The molecule has 0 amide bonds. The first-order chi connectivity index (χ1) is 9.06. The second-order valence-corrected chi connectivity index (χ2v) is 6.85. The van der Waals surface area contributed by atoms with Crippen LogP contribution in [0.2, 0.25) is 0 Å². The molecule has 1 unspecified atom stereocenters. The van der Waals surface area contributed by atoms with Crippen LogP contribution in [0.15, 0.2) is 21.1 Å². The minimum absolute atomic E-state index is 0.335. The molecule has 2 rings (SSSR count). The number of aliphatic hydroxyl groups excluding tert-OH is 1. The normalized spacial score (nSPS) is 17.7. The molecule has 1 heterocycles. The molecule has 0 saturated carbocycles. The van der Waals surface area contributed by atoms with E-state index in [0.717, 1.165) is 34.3 Å². The molecule has 1 aliphatic rings. The third kappa shape index (κ3) is 4.45. The van der Waals surface area contributed by atoms with Crippen LogP contribution < -0.4 is 5.32 Å². The SMILES string of the molecule is Cc1cc(Br)c(NCC(O)CN2CCCC2)c(Br)c1. The second kappa shape index (κ2) is 7.07. The molecule has 1 atom stereocenters. The lowest BCUT2D eigenvalue weighted by Crippen LogP contribution is -2.34. The summed E-state index contributed by atoms with van der Waals surface area (Å²) in [5.41, 5.74) is 2.20. The van der Waals surface area contributed by atoms with Crippen LogP contribution in [0, 0.1) is 6.92 Å². The fraction of sp³-hybridized carbons (Fsp3) is 0.571. The Labute approximate surface area is 131 Å². The lowest BCUT2D eigenvalue weighted by Gasteiger charge is -2.20. The molecule has 1 saturated heterocycles. The van der Waals surface area contributed by atoms with Gasteiger partial charge in [-0.1, -0.05) is 0 Å². The van der Waals surface area contributed by atoms with E-state index in [1.807, 2.05) is 0 Å². The van der Waals surface area contributed by atoms with Gasteiger partial charge in [0.25, 0.3) is 0 Å². The van der Waals surface area contributed by atoms with Gasteiger partial charge in [0, 0.05) is 22.0 Å². The first kappa shape index (κ1) is 15.3. The van der Waals surface area contributed by atoms with Crippen molar-refractivity contribution in [3.8, 4) is 0 Å². The van der Waals surface area contributed by atoms with Gasteiger partial charge in [-0.2, -0.15) is 0 Å². The van der Waals surface area contributed by atoms with Gasteiger partial charge in [0.15, 0.2) is 0 Å². The Morgan fingerprint density at radius 2 is 1.84 bits per heavy atom. The first-order valence-corrected chi connectivity index (χ1v) is 8.25. The van der Waals surface area contributed by atoms with Crippen LogP contribution in [0.25, 0.3) is 0 Å². The van der Waals surface area contributed by atoms with Crippen molar-refractivity contribution in [3.63, 3.8) is 0 Å². The van der Waals surface area contributed by atoms with Crippen LogP contribution in [-0.2, 0) is 0 Å². The van der Waals surface area contributed by atoms with Gasteiger partial charge in [-0.25, -0.2) is 0 Å². The maximum absolute atomic E-state index is 10.1. The molecule has 3 nitrogen and oxygen atoms in total. The van der Waals surface area contributed by atoms with Crippen molar-refractivity contribution < 1.29 is 5.11 Å². The van der Waals surface area contributed by atoms with Crippen LogP contribution in [0.3, 0.4) is 0 Å². The summed E-state index contributed by atoms with van der Waals surface area (Å²) in [7, 11) is 0. The number of aliphatic hydroxyl groups is 1. The van der Waals surface area contributed by atoms with Crippen molar-refractivity contribution >= 4 is 37.5 Å². The number of hydrogen-bond acceptors (Lipinski definition) is 3. The van der Waals surface area contributed by atoms with Crippen molar-refractivity contribution in [1.29, 1.82) is 0 Å². The quantitative estimate of drug-likeness (QED) is 0.807. The highest BCUT2D eigenvalue weighted by Gasteiger charge is 2.16. The highest BCUT2D eigenvalue weighted by atomic mass is 79.9.